The molecule has 1 amide bonds. The normalized spacial score (nSPS) is 12.2. The predicted molar refractivity (Wildman–Crippen MR) is 64.7 cm³/mol. The van der Waals surface area contributed by atoms with Gasteiger partial charge in [-0.2, -0.15) is 0 Å². The molecule has 0 aromatic rings. The standard InChI is InChI=1S/C12H21NO5/c1-7(2)17-11(15)6-10(13-9(5)14)12(16)18-8(3)4/h7-8,10H,6H2,1-5H3,(H,13,14)/t10-/m0/s1. The lowest BCUT2D eigenvalue weighted by Gasteiger charge is -2.18. The van der Waals surface area contributed by atoms with Crippen LogP contribution < -0.4 is 5.32 Å². The Kier molecular flexibility index (Phi) is 7.00. The molecule has 0 fully saturated rings. The van der Waals surface area contributed by atoms with E-state index in [-0.39, 0.29) is 18.6 Å². The summed E-state index contributed by atoms with van der Waals surface area (Å²) in [5.41, 5.74) is 0. The van der Waals surface area contributed by atoms with E-state index in [0.717, 1.165) is 0 Å². The Morgan fingerprint density at radius 2 is 1.50 bits per heavy atom. The van der Waals surface area contributed by atoms with Crippen LogP contribution in [0.5, 0.6) is 0 Å². The third-order valence-electron chi connectivity index (χ3n) is 1.75. The lowest BCUT2D eigenvalue weighted by Crippen LogP contribution is -2.43. The summed E-state index contributed by atoms with van der Waals surface area (Å²) in [5.74, 6) is -1.59. The molecule has 0 aromatic heterocycles. The van der Waals surface area contributed by atoms with Gasteiger partial charge >= 0.3 is 11.9 Å². The highest BCUT2D eigenvalue weighted by atomic mass is 16.6. The number of hydrogen-bond donors (Lipinski definition) is 1. The molecule has 0 unspecified atom stereocenters. The van der Waals surface area contributed by atoms with Crippen LogP contribution in [0.1, 0.15) is 41.0 Å². The molecule has 1 N–H and O–H groups in total. The number of amides is 1. The zero-order valence-electron chi connectivity index (χ0n) is 11.5. The molecule has 0 saturated heterocycles. The SMILES string of the molecule is CC(=O)N[C@@H](CC(=O)OC(C)C)C(=O)OC(C)C. The van der Waals surface area contributed by atoms with Crippen LogP contribution in [0.3, 0.4) is 0 Å². The van der Waals surface area contributed by atoms with Crippen molar-refractivity contribution in [1.29, 1.82) is 0 Å². The Hall–Kier alpha value is -1.59. The fraction of sp³-hybridized carbons (Fsp3) is 0.750. The van der Waals surface area contributed by atoms with Crippen molar-refractivity contribution in [1.82, 2.24) is 5.32 Å². The number of carbonyl (C=O) groups excluding carboxylic acids is 3. The Morgan fingerprint density at radius 1 is 1.00 bits per heavy atom. The number of rotatable bonds is 6. The zero-order valence-corrected chi connectivity index (χ0v) is 11.5. The van der Waals surface area contributed by atoms with Crippen LogP contribution in [-0.4, -0.2) is 36.1 Å². The first-order valence-electron chi connectivity index (χ1n) is 5.89. The third kappa shape index (κ3) is 7.65. The summed E-state index contributed by atoms with van der Waals surface area (Å²) in [6.07, 6.45) is -0.810. The van der Waals surface area contributed by atoms with Crippen molar-refractivity contribution < 1.29 is 23.9 Å². The number of hydrogen-bond acceptors (Lipinski definition) is 5. The van der Waals surface area contributed by atoms with E-state index in [2.05, 4.69) is 5.32 Å². The lowest BCUT2D eigenvalue weighted by atomic mass is 10.2. The molecule has 0 heterocycles. The minimum atomic E-state index is -1.00. The highest BCUT2D eigenvalue weighted by Crippen LogP contribution is 2.03. The van der Waals surface area contributed by atoms with E-state index in [4.69, 9.17) is 9.47 Å². The van der Waals surface area contributed by atoms with Crippen LogP contribution in [0.4, 0.5) is 0 Å². The second kappa shape index (κ2) is 7.68. The first kappa shape index (κ1) is 16.4. The van der Waals surface area contributed by atoms with Gasteiger partial charge in [-0.15, -0.1) is 0 Å². The van der Waals surface area contributed by atoms with Crippen molar-refractivity contribution in [3.05, 3.63) is 0 Å². The average Bonchev–Trinajstić information content (AvgIpc) is 2.13. The van der Waals surface area contributed by atoms with E-state index in [9.17, 15) is 14.4 Å². The molecule has 0 spiro atoms. The van der Waals surface area contributed by atoms with Crippen LogP contribution in [0.2, 0.25) is 0 Å². The van der Waals surface area contributed by atoms with Gasteiger partial charge in [0.2, 0.25) is 5.91 Å². The maximum atomic E-state index is 11.7. The van der Waals surface area contributed by atoms with Gasteiger partial charge in [-0.05, 0) is 27.7 Å². The highest BCUT2D eigenvalue weighted by Gasteiger charge is 2.26. The van der Waals surface area contributed by atoms with E-state index in [1.165, 1.54) is 6.92 Å². The first-order valence-corrected chi connectivity index (χ1v) is 5.89. The summed E-state index contributed by atoms with van der Waals surface area (Å²) >= 11 is 0. The molecule has 18 heavy (non-hydrogen) atoms. The number of esters is 2. The Bertz CT molecular complexity index is 312. The van der Waals surface area contributed by atoms with Gasteiger partial charge < -0.3 is 14.8 Å². The highest BCUT2D eigenvalue weighted by molar-refractivity contribution is 5.87. The van der Waals surface area contributed by atoms with Crippen molar-refractivity contribution in [2.75, 3.05) is 0 Å². The molecule has 104 valence electrons. The van der Waals surface area contributed by atoms with Crippen LogP contribution in [-0.2, 0) is 23.9 Å². The van der Waals surface area contributed by atoms with E-state index >= 15 is 0 Å². The maximum absolute atomic E-state index is 11.7. The van der Waals surface area contributed by atoms with Gasteiger partial charge in [0.1, 0.15) is 6.04 Å². The summed E-state index contributed by atoms with van der Waals surface area (Å²) in [5, 5.41) is 2.37. The number of carbonyl (C=O) groups is 3. The van der Waals surface area contributed by atoms with Crippen LogP contribution in [0, 0.1) is 0 Å². The minimum Gasteiger partial charge on any atom is -0.463 e. The first-order chi connectivity index (χ1) is 8.22. The second-order valence-electron chi connectivity index (χ2n) is 4.48. The minimum absolute atomic E-state index is 0.233. The van der Waals surface area contributed by atoms with Gasteiger partial charge in [-0.3, -0.25) is 9.59 Å². The monoisotopic (exact) mass is 259 g/mol. The van der Waals surface area contributed by atoms with Crippen molar-refractivity contribution in [2.45, 2.75) is 59.3 Å². The Morgan fingerprint density at radius 3 is 1.89 bits per heavy atom. The molecule has 0 radical (unpaired) electrons. The molecule has 0 aliphatic carbocycles. The fourth-order valence-corrected chi connectivity index (χ4v) is 1.23. The second-order valence-corrected chi connectivity index (χ2v) is 4.48. The quantitative estimate of drug-likeness (QED) is 0.713. The molecule has 0 bridgehead atoms. The van der Waals surface area contributed by atoms with Crippen molar-refractivity contribution >= 4 is 17.8 Å². The lowest BCUT2D eigenvalue weighted by molar-refractivity contribution is -0.157. The third-order valence-corrected chi connectivity index (χ3v) is 1.75. The number of ether oxygens (including phenoxy) is 2. The van der Waals surface area contributed by atoms with Crippen molar-refractivity contribution in [3.8, 4) is 0 Å². The average molecular weight is 259 g/mol. The van der Waals surface area contributed by atoms with Crippen molar-refractivity contribution in [3.63, 3.8) is 0 Å². The molecule has 1 atom stereocenters. The Labute approximate surface area is 107 Å². The molecule has 0 saturated carbocycles. The summed E-state index contributed by atoms with van der Waals surface area (Å²) in [6.45, 7) is 8.06. The van der Waals surface area contributed by atoms with Gasteiger partial charge in [0, 0.05) is 6.92 Å². The van der Waals surface area contributed by atoms with Crippen LogP contribution >= 0.6 is 0 Å². The van der Waals surface area contributed by atoms with Gasteiger partial charge in [0.15, 0.2) is 0 Å². The van der Waals surface area contributed by atoms with Gasteiger partial charge in [-0.25, -0.2) is 4.79 Å². The smallest absolute Gasteiger partial charge is 0.329 e. The van der Waals surface area contributed by atoms with Gasteiger partial charge in [0.25, 0.3) is 0 Å². The fourth-order valence-electron chi connectivity index (χ4n) is 1.23. The maximum Gasteiger partial charge on any atom is 0.329 e. The summed E-state index contributed by atoms with van der Waals surface area (Å²) in [7, 11) is 0. The molecule has 0 aliphatic heterocycles. The molecule has 6 heteroatoms. The molecular weight excluding hydrogens is 238 g/mol. The number of nitrogens with one attached hydrogen (secondary N) is 1. The largest absolute Gasteiger partial charge is 0.463 e. The van der Waals surface area contributed by atoms with E-state index in [1.807, 2.05) is 0 Å². The predicted octanol–water partition coefficient (Wildman–Crippen LogP) is 0.784. The van der Waals surface area contributed by atoms with E-state index < -0.39 is 23.9 Å². The van der Waals surface area contributed by atoms with Crippen LogP contribution in [0.25, 0.3) is 0 Å². The van der Waals surface area contributed by atoms with E-state index in [0.29, 0.717) is 0 Å². The molecule has 0 aromatic carbocycles. The van der Waals surface area contributed by atoms with Crippen molar-refractivity contribution in [2.24, 2.45) is 0 Å². The summed E-state index contributed by atoms with van der Waals surface area (Å²) in [4.78, 5) is 34.1. The molecular formula is C12H21NO5. The summed E-state index contributed by atoms with van der Waals surface area (Å²) < 4.78 is 9.88. The van der Waals surface area contributed by atoms with Crippen LogP contribution in [0.15, 0.2) is 0 Å². The summed E-state index contributed by atoms with van der Waals surface area (Å²) in [6, 6.07) is -1.00. The molecule has 0 aliphatic rings. The Balaban J connectivity index is 4.53. The molecule has 0 rings (SSSR count). The molecule has 6 nitrogen and oxygen atoms in total. The van der Waals surface area contributed by atoms with Gasteiger partial charge in [-0.1, -0.05) is 0 Å². The zero-order chi connectivity index (χ0) is 14.3. The topological polar surface area (TPSA) is 81.7 Å². The van der Waals surface area contributed by atoms with E-state index in [1.54, 1.807) is 27.7 Å². The van der Waals surface area contributed by atoms with Gasteiger partial charge in [0.05, 0.1) is 18.6 Å².